The van der Waals surface area contributed by atoms with E-state index in [2.05, 4.69) is 4.90 Å². The number of carbonyl (C=O) groups excluding carboxylic acids is 1. The van der Waals surface area contributed by atoms with Crippen molar-refractivity contribution in [3.8, 4) is 0 Å². The number of nitrogens with zero attached hydrogens (tertiary/aromatic N) is 1. The molecule has 0 aliphatic carbocycles. The third kappa shape index (κ3) is 1.76. The van der Waals surface area contributed by atoms with Gasteiger partial charge < -0.3 is 4.90 Å². The zero-order valence-electron chi connectivity index (χ0n) is 6.83. The molecule has 3 fully saturated rings. The van der Waals surface area contributed by atoms with Gasteiger partial charge in [-0.3, -0.25) is 4.79 Å². The minimum absolute atomic E-state index is 0. The minimum atomic E-state index is -0.126. The number of fused-ring (bicyclic) bond motifs is 3. The van der Waals surface area contributed by atoms with Crippen LogP contribution in [0.15, 0.2) is 0 Å². The topological polar surface area (TPSA) is 20.3 Å². The molecule has 0 N–H and O–H groups in total. The van der Waals surface area contributed by atoms with E-state index in [0.717, 1.165) is 6.54 Å². The smallest absolute Gasteiger partial charge is 0.226 e. The van der Waals surface area contributed by atoms with E-state index in [-0.39, 0.29) is 23.6 Å². The van der Waals surface area contributed by atoms with Crippen LogP contribution in [0.1, 0.15) is 12.8 Å². The van der Waals surface area contributed by atoms with Gasteiger partial charge in [0.2, 0.25) is 5.24 Å². The van der Waals surface area contributed by atoms with E-state index in [1.165, 1.54) is 25.9 Å². The lowest BCUT2D eigenvalue weighted by molar-refractivity contribution is -0.120. The predicted molar refractivity (Wildman–Crippen MR) is 50.8 cm³/mol. The Hall–Kier alpha value is 0.210. The van der Waals surface area contributed by atoms with E-state index >= 15 is 0 Å². The zero-order valence-corrected chi connectivity index (χ0v) is 8.40. The van der Waals surface area contributed by atoms with Gasteiger partial charge in [-0.25, -0.2) is 0 Å². The van der Waals surface area contributed by atoms with Crippen molar-refractivity contribution in [3.05, 3.63) is 0 Å². The molecule has 2 bridgehead atoms. The van der Waals surface area contributed by atoms with E-state index in [0.29, 0.717) is 5.92 Å². The van der Waals surface area contributed by atoms with Gasteiger partial charge in [0.05, 0.1) is 0 Å². The van der Waals surface area contributed by atoms with Crippen molar-refractivity contribution in [2.45, 2.75) is 12.8 Å². The molecule has 70 valence electrons. The molecule has 1 atom stereocenters. The molecule has 0 unspecified atom stereocenters. The van der Waals surface area contributed by atoms with Crippen molar-refractivity contribution in [3.63, 3.8) is 0 Å². The average molecular weight is 210 g/mol. The molecule has 3 heterocycles. The van der Waals surface area contributed by atoms with Gasteiger partial charge in [-0.05, 0) is 43.5 Å². The van der Waals surface area contributed by atoms with Crippen LogP contribution in [0.4, 0.5) is 0 Å². The quantitative estimate of drug-likeness (QED) is 0.611. The third-order valence-electron chi connectivity index (χ3n) is 2.95. The van der Waals surface area contributed by atoms with E-state index in [1.807, 2.05) is 0 Å². The van der Waals surface area contributed by atoms with Crippen molar-refractivity contribution >= 4 is 29.3 Å². The molecule has 3 aliphatic heterocycles. The summed E-state index contributed by atoms with van der Waals surface area (Å²) in [6, 6.07) is 0. The Morgan fingerprint density at radius 2 is 1.92 bits per heavy atom. The van der Waals surface area contributed by atoms with Gasteiger partial charge in [-0.15, -0.1) is 12.4 Å². The van der Waals surface area contributed by atoms with Gasteiger partial charge in [-0.2, -0.15) is 0 Å². The van der Waals surface area contributed by atoms with Gasteiger partial charge >= 0.3 is 0 Å². The summed E-state index contributed by atoms with van der Waals surface area (Å²) in [5.41, 5.74) is 0. The molecule has 0 aromatic heterocycles. The molecule has 0 spiro atoms. The van der Waals surface area contributed by atoms with E-state index < -0.39 is 0 Å². The molecule has 0 amide bonds. The van der Waals surface area contributed by atoms with Crippen LogP contribution in [0.3, 0.4) is 0 Å². The highest BCUT2D eigenvalue weighted by atomic mass is 35.5. The maximum atomic E-state index is 10.9. The Morgan fingerprint density at radius 1 is 1.33 bits per heavy atom. The molecular weight excluding hydrogens is 197 g/mol. The number of rotatable bonds is 1. The van der Waals surface area contributed by atoms with Gasteiger partial charge in [-0.1, -0.05) is 0 Å². The normalized spacial score (nSPS) is 38.9. The number of halogens is 2. The van der Waals surface area contributed by atoms with Crippen LogP contribution in [0.2, 0.25) is 0 Å². The Labute approximate surface area is 83.7 Å². The van der Waals surface area contributed by atoms with Crippen LogP contribution in [0.5, 0.6) is 0 Å². The van der Waals surface area contributed by atoms with E-state index in [9.17, 15) is 4.79 Å². The van der Waals surface area contributed by atoms with Crippen molar-refractivity contribution in [2.75, 3.05) is 19.6 Å². The molecular formula is C8H13Cl2NO. The largest absolute Gasteiger partial charge is 0.303 e. The Balaban J connectivity index is 0.000000720. The maximum absolute atomic E-state index is 10.9. The first-order chi connectivity index (χ1) is 5.27. The molecule has 4 heteroatoms. The van der Waals surface area contributed by atoms with Gasteiger partial charge in [0.25, 0.3) is 0 Å². The van der Waals surface area contributed by atoms with Crippen LogP contribution < -0.4 is 0 Å². The molecule has 2 nitrogen and oxygen atoms in total. The summed E-state index contributed by atoms with van der Waals surface area (Å²) < 4.78 is 0. The fraction of sp³-hybridized carbons (Fsp3) is 0.875. The first-order valence-electron chi connectivity index (χ1n) is 4.19. The summed E-state index contributed by atoms with van der Waals surface area (Å²) >= 11 is 5.49. The molecule has 0 radical (unpaired) electrons. The number of piperidine rings is 3. The molecule has 3 aliphatic rings. The first-order valence-corrected chi connectivity index (χ1v) is 4.57. The predicted octanol–water partition coefficient (Wildman–Crippen LogP) is 1.52. The fourth-order valence-corrected chi connectivity index (χ4v) is 2.47. The fourth-order valence-electron chi connectivity index (χ4n) is 2.22. The molecule has 0 aromatic carbocycles. The van der Waals surface area contributed by atoms with Gasteiger partial charge in [0.15, 0.2) is 0 Å². The van der Waals surface area contributed by atoms with Crippen LogP contribution in [0, 0.1) is 11.8 Å². The van der Waals surface area contributed by atoms with Crippen molar-refractivity contribution in [2.24, 2.45) is 11.8 Å². The first kappa shape index (κ1) is 10.3. The maximum Gasteiger partial charge on any atom is 0.226 e. The summed E-state index contributed by atoms with van der Waals surface area (Å²) in [6.07, 6.45) is 2.34. The highest BCUT2D eigenvalue weighted by Crippen LogP contribution is 2.33. The van der Waals surface area contributed by atoms with E-state index in [1.54, 1.807) is 0 Å². The van der Waals surface area contributed by atoms with Crippen LogP contribution in [-0.2, 0) is 4.79 Å². The Morgan fingerprint density at radius 3 is 2.17 bits per heavy atom. The average Bonchev–Trinajstić information content (AvgIpc) is 2.06. The van der Waals surface area contributed by atoms with Crippen molar-refractivity contribution in [1.82, 2.24) is 4.90 Å². The Kier molecular flexibility index (Phi) is 3.38. The lowest BCUT2D eigenvalue weighted by Gasteiger charge is -2.43. The summed E-state index contributed by atoms with van der Waals surface area (Å²) in [4.78, 5) is 13.3. The van der Waals surface area contributed by atoms with Crippen LogP contribution in [0.25, 0.3) is 0 Å². The highest BCUT2D eigenvalue weighted by Gasteiger charge is 2.37. The zero-order chi connectivity index (χ0) is 7.84. The summed E-state index contributed by atoms with van der Waals surface area (Å²) in [7, 11) is 0. The summed E-state index contributed by atoms with van der Waals surface area (Å²) in [6.45, 7) is 3.25. The SMILES string of the molecule is Cl.O=C(Cl)[C@H]1CN2CCC1CC2. The molecule has 0 aromatic rings. The number of carbonyl (C=O) groups is 1. The standard InChI is InChI=1S/C8H12ClNO.ClH/c9-8(11)7-5-10-3-1-6(7)2-4-10;/h6-7H,1-5H2;1H/t7-;/m0./s1. The monoisotopic (exact) mass is 209 g/mol. The lowest BCUT2D eigenvalue weighted by Crippen LogP contribution is -2.49. The molecule has 3 rings (SSSR count). The summed E-state index contributed by atoms with van der Waals surface area (Å²) in [5, 5.41) is -0.126. The second-order valence-corrected chi connectivity index (χ2v) is 3.92. The molecule has 12 heavy (non-hydrogen) atoms. The Bertz CT molecular complexity index is 178. The van der Waals surface area contributed by atoms with Gasteiger partial charge in [0.1, 0.15) is 0 Å². The highest BCUT2D eigenvalue weighted by molar-refractivity contribution is 6.64. The number of hydrogen-bond donors (Lipinski definition) is 0. The minimum Gasteiger partial charge on any atom is -0.303 e. The van der Waals surface area contributed by atoms with Crippen molar-refractivity contribution < 1.29 is 4.79 Å². The van der Waals surface area contributed by atoms with Crippen molar-refractivity contribution in [1.29, 1.82) is 0 Å². The van der Waals surface area contributed by atoms with Gasteiger partial charge in [0, 0.05) is 12.5 Å². The second-order valence-electron chi connectivity index (χ2n) is 3.55. The third-order valence-corrected chi connectivity index (χ3v) is 3.23. The summed E-state index contributed by atoms with van der Waals surface area (Å²) in [5.74, 6) is 0.726. The van der Waals surface area contributed by atoms with Crippen LogP contribution in [-0.4, -0.2) is 29.8 Å². The van der Waals surface area contributed by atoms with E-state index in [4.69, 9.17) is 11.6 Å². The molecule has 0 saturated carbocycles. The molecule has 3 saturated heterocycles. The van der Waals surface area contributed by atoms with Crippen LogP contribution >= 0.6 is 24.0 Å². The second kappa shape index (κ2) is 3.95. The number of hydrogen-bond acceptors (Lipinski definition) is 2. The lowest BCUT2D eigenvalue weighted by atomic mass is 9.80.